The van der Waals surface area contributed by atoms with Crippen molar-refractivity contribution in [3.05, 3.63) is 35.4 Å². The zero-order valence-corrected chi connectivity index (χ0v) is 11.5. The van der Waals surface area contributed by atoms with Crippen LogP contribution in [0.2, 0.25) is 0 Å². The Morgan fingerprint density at radius 2 is 1.95 bits per heavy atom. The molecule has 1 saturated heterocycles. The highest BCUT2D eigenvalue weighted by atomic mass is 19.1. The van der Waals surface area contributed by atoms with Crippen LogP contribution in [0.5, 0.6) is 0 Å². The van der Waals surface area contributed by atoms with Gasteiger partial charge < -0.3 is 5.32 Å². The van der Waals surface area contributed by atoms with Gasteiger partial charge in [0.1, 0.15) is 17.2 Å². The minimum atomic E-state index is -1.50. The lowest BCUT2D eigenvalue weighted by molar-refractivity contribution is -0.131. The summed E-state index contributed by atoms with van der Waals surface area (Å²) in [6, 6.07) is 2.39. The molecule has 0 aliphatic carbocycles. The molecular weight excluding hydrogens is 266 g/mol. The summed E-state index contributed by atoms with van der Waals surface area (Å²) in [6.45, 7) is 5.41. The molecule has 1 atom stereocenters. The Kier molecular flexibility index (Phi) is 3.50. The second-order valence-corrected chi connectivity index (χ2v) is 5.49. The first-order chi connectivity index (χ1) is 9.25. The molecule has 108 valence electrons. The van der Waals surface area contributed by atoms with E-state index in [9.17, 15) is 18.4 Å². The Morgan fingerprint density at radius 1 is 1.30 bits per heavy atom. The Hall–Kier alpha value is -1.98. The predicted molar refractivity (Wildman–Crippen MR) is 68.8 cm³/mol. The monoisotopic (exact) mass is 282 g/mol. The third kappa shape index (κ3) is 2.26. The average molecular weight is 282 g/mol. The zero-order chi connectivity index (χ0) is 15.1. The molecule has 1 aromatic carbocycles. The van der Waals surface area contributed by atoms with Crippen molar-refractivity contribution in [1.82, 2.24) is 10.2 Å². The lowest BCUT2D eigenvalue weighted by atomic mass is 9.91. The highest BCUT2D eigenvalue weighted by Gasteiger charge is 2.50. The number of benzene rings is 1. The van der Waals surface area contributed by atoms with Gasteiger partial charge in [-0.3, -0.25) is 9.69 Å². The quantitative estimate of drug-likeness (QED) is 0.865. The van der Waals surface area contributed by atoms with Gasteiger partial charge in [0.25, 0.3) is 5.91 Å². The van der Waals surface area contributed by atoms with Gasteiger partial charge in [0.2, 0.25) is 0 Å². The molecule has 1 aromatic rings. The molecule has 20 heavy (non-hydrogen) atoms. The Labute approximate surface area is 115 Å². The summed E-state index contributed by atoms with van der Waals surface area (Å²) in [5.74, 6) is -2.01. The number of nitrogens with zero attached hydrogens (tertiary/aromatic N) is 1. The van der Waals surface area contributed by atoms with Crippen molar-refractivity contribution in [2.45, 2.75) is 26.3 Å². The van der Waals surface area contributed by atoms with Gasteiger partial charge in [-0.25, -0.2) is 13.6 Å². The van der Waals surface area contributed by atoms with Crippen molar-refractivity contribution in [1.29, 1.82) is 0 Å². The highest BCUT2D eigenvalue weighted by Crippen LogP contribution is 2.31. The second-order valence-electron chi connectivity index (χ2n) is 5.49. The number of carbonyl (C=O) groups is 2. The molecule has 0 unspecified atom stereocenters. The Balaban J connectivity index is 2.41. The van der Waals surface area contributed by atoms with Crippen molar-refractivity contribution in [2.75, 3.05) is 6.54 Å². The van der Waals surface area contributed by atoms with Crippen LogP contribution in [0.4, 0.5) is 13.6 Å². The Bertz CT molecular complexity index is 574. The number of hydrogen-bond donors (Lipinski definition) is 1. The summed E-state index contributed by atoms with van der Waals surface area (Å²) in [4.78, 5) is 25.3. The number of hydrogen-bond acceptors (Lipinski definition) is 2. The van der Waals surface area contributed by atoms with Crippen molar-refractivity contribution in [2.24, 2.45) is 5.92 Å². The fraction of sp³-hybridized carbons (Fsp3) is 0.429. The van der Waals surface area contributed by atoms with Crippen molar-refractivity contribution in [3.63, 3.8) is 0 Å². The molecule has 0 saturated carbocycles. The topological polar surface area (TPSA) is 49.4 Å². The fourth-order valence-corrected chi connectivity index (χ4v) is 2.31. The maximum absolute atomic E-state index is 13.9. The molecular formula is C14H16F2N2O2. The molecule has 1 aliphatic heterocycles. The molecule has 1 aliphatic rings. The molecule has 0 spiro atoms. The maximum Gasteiger partial charge on any atom is 0.325 e. The number of nitrogens with one attached hydrogen (secondary N) is 1. The van der Waals surface area contributed by atoms with E-state index in [1.54, 1.807) is 0 Å². The number of urea groups is 1. The van der Waals surface area contributed by atoms with Crippen LogP contribution in [0.25, 0.3) is 0 Å². The zero-order valence-electron chi connectivity index (χ0n) is 11.5. The number of halogens is 2. The van der Waals surface area contributed by atoms with Crippen LogP contribution in [-0.4, -0.2) is 23.4 Å². The van der Waals surface area contributed by atoms with E-state index in [1.807, 2.05) is 13.8 Å². The highest BCUT2D eigenvalue weighted by molar-refractivity contribution is 6.07. The van der Waals surface area contributed by atoms with Crippen LogP contribution in [0.3, 0.4) is 0 Å². The van der Waals surface area contributed by atoms with Gasteiger partial charge in [-0.15, -0.1) is 0 Å². The normalized spacial score (nSPS) is 22.6. The van der Waals surface area contributed by atoms with E-state index in [2.05, 4.69) is 5.32 Å². The lowest BCUT2D eigenvalue weighted by Gasteiger charge is -2.23. The van der Waals surface area contributed by atoms with Crippen molar-refractivity contribution in [3.8, 4) is 0 Å². The van der Waals surface area contributed by atoms with E-state index in [4.69, 9.17) is 0 Å². The third-order valence-corrected chi connectivity index (χ3v) is 3.29. The number of rotatable bonds is 3. The summed E-state index contributed by atoms with van der Waals surface area (Å²) in [5, 5.41) is 2.49. The maximum atomic E-state index is 13.9. The number of amides is 3. The first-order valence-electron chi connectivity index (χ1n) is 6.35. The minimum absolute atomic E-state index is 0.0384. The molecule has 2 rings (SSSR count). The fourth-order valence-electron chi connectivity index (χ4n) is 2.31. The summed E-state index contributed by atoms with van der Waals surface area (Å²) < 4.78 is 26.8. The first-order valence-corrected chi connectivity index (χ1v) is 6.35. The molecule has 0 aromatic heterocycles. The van der Waals surface area contributed by atoms with E-state index in [1.165, 1.54) is 13.0 Å². The van der Waals surface area contributed by atoms with E-state index in [-0.39, 0.29) is 18.0 Å². The van der Waals surface area contributed by atoms with Crippen LogP contribution in [-0.2, 0) is 10.3 Å². The minimum Gasteiger partial charge on any atom is -0.319 e. The summed E-state index contributed by atoms with van der Waals surface area (Å²) in [7, 11) is 0. The third-order valence-electron chi connectivity index (χ3n) is 3.29. The van der Waals surface area contributed by atoms with E-state index < -0.39 is 29.1 Å². The Morgan fingerprint density at radius 3 is 2.50 bits per heavy atom. The van der Waals surface area contributed by atoms with Gasteiger partial charge in [-0.05, 0) is 18.9 Å². The first kappa shape index (κ1) is 14.4. The summed E-state index contributed by atoms with van der Waals surface area (Å²) in [6.07, 6.45) is 0. The van der Waals surface area contributed by atoms with Crippen LogP contribution in [0, 0.1) is 17.6 Å². The molecule has 1 fully saturated rings. The summed E-state index contributed by atoms with van der Waals surface area (Å²) >= 11 is 0. The summed E-state index contributed by atoms with van der Waals surface area (Å²) in [5.41, 5.74) is -1.53. The van der Waals surface area contributed by atoms with Crippen LogP contribution < -0.4 is 5.32 Å². The van der Waals surface area contributed by atoms with E-state index in [0.29, 0.717) is 6.07 Å². The second kappa shape index (κ2) is 4.85. The molecule has 3 amide bonds. The smallest absolute Gasteiger partial charge is 0.319 e. The van der Waals surface area contributed by atoms with Gasteiger partial charge in [-0.1, -0.05) is 19.9 Å². The van der Waals surface area contributed by atoms with E-state index in [0.717, 1.165) is 11.0 Å². The van der Waals surface area contributed by atoms with Gasteiger partial charge in [0.15, 0.2) is 0 Å². The van der Waals surface area contributed by atoms with Crippen LogP contribution >= 0.6 is 0 Å². The largest absolute Gasteiger partial charge is 0.325 e. The molecule has 4 nitrogen and oxygen atoms in total. The standard InChI is InChI=1S/C14H16F2N2O2/c1-8(2)7-18-12(19)14(3,17-13(18)20)10-5-4-9(15)6-11(10)16/h4-6,8H,7H2,1-3H3,(H,17,20)/t14-/m0/s1. The van der Waals surface area contributed by atoms with Gasteiger partial charge in [0.05, 0.1) is 0 Å². The predicted octanol–water partition coefficient (Wildman–Crippen LogP) is 2.39. The average Bonchev–Trinajstić information content (AvgIpc) is 2.53. The van der Waals surface area contributed by atoms with Gasteiger partial charge in [0, 0.05) is 18.2 Å². The van der Waals surface area contributed by atoms with Gasteiger partial charge >= 0.3 is 6.03 Å². The van der Waals surface area contributed by atoms with Crippen LogP contribution in [0.1, 0.15) is 26.3 Å². The number of imide groups is 1. The van der Waals surface area contributed by atoms with Crippen molar-refractivity contribution >= 4 is 11.9 Å². The van der Waals surface area contributed by atoms with E-state index >= 15 is 0 Å². The van der Waals surface area contributed by atoms with Crippen molar-refractivity contribution < 1.29 is 18.4 Å². The molecule has 0 radical (unpaired) electrons. The molecule has 1 heterocycles. The lowest BCUT2D eigenvalue weighted by Crippen LogP contribution is -2.42. The molecule has 0 bridgehead atoms. The van der Waals surface area contributed by atoms with Gasteiger partial charge in [-0.2, -0.15) is 0 Å². The SMILES string of the molecule is CC(C)CN1C(=O)N[C@@](C)(c2ccc(F)cc2F)C1=O. The molecule has 1 N–H and O–H groups in total. The van der Waals surface area contributed by atoms with Crippen LogP contribution in [0.15, 0.2) is 18.2 Å². The molecule has 6 heteroatoms. The number of carbonyl (C=O) groups excluding carboxylic acids is 2.